The van der Waals surface area contributed by atoms with Gasteiger partial charge in [0, 0.05) is 16.0 Å². The van der Waals surface area contributed by atoms with Crippen molar-refractivity contribution in [1.82, 2.24) is 0 Å². The normalized spacial score (nSPS) is 10.5. The Hall–Kier alpha value is 0.140. The summed E-state index contributed by atoms with van der Waals surface area (Å²) in [6.07, 6.45) is 1.84. The van der Waals surface area contributed by atoms with Crippen LogP contribution in [0.4, 0.5) is 0 Å². The molecule has 0 unspecified atom stereocenters. The molecule has 0 fully saturated rings. The van der Waals surface area contributed by atoms with Crippen LogP contribution in [0.5, 0.6) is 0 Å². The maximum absolute atomic E-state index is 8.61. The molecule has 0 radical (unpaired) electrons. The van der Waals surface area contributed by atoms with Crippen molar-refractivity contribution < 1.29 is 5.11 Å². The zero-order valence-corrected chi connectivity index (χ0v) is 8.83. The van der Waals surface area contributed by atoms with Crippen LogP contribution in [0.15, 0.2) is 9.85 Å². The van der Waals surface area contributed by atoms with Crippen LogP contribution in [0.1, 0.15) is 16.9 Å². The van der Waals surface area contributed by atoms with Crippen molar-refractivity contribution in [2.75, 3.05) is 6.61 Å². The van der Waals surface area contributed by atoms with Gasteiger partial charge in [0.2, 0.25) is 0 Å². The first-order valence-corrected chi connectivity index (χ1v) is 5.26. The lowest BCUT2D eigenvalue weighted by molar-refractivity contribution is 0.289. The van der Waals surface area contributed by atoms with E-state index >= 15 is 0 Å². The average molecular weight is 235 g/mol. The summed E-state index contributed by atoms with van der Waals surface area (Å²) in [5, 5.41) is 10.8. The second-order valence-corrected chi connectivity index (χ2v) is 4.24. The molecule has 0 saturated heterocycles. The number of rotatable bonds is 3. The van der Waals surface area contributed by atoms with Crippen molar-refractivity contribution >= 4 is 27.3 Å². The predicted octanol–water partition coefficient (Wildman–Crippen LogP) is 2.74. The number of hydrogen-bond acceptors (Lipinski definition) is 2. The Morgan fingerprint density at radius 3 is 2.82 bits per heavy atom. The van der Waals surface area contributed by atoms with Crippen LogP contribution in [0.2, 0.25) is 0 Å². The van der Waals surface area contributed by atoms with Gasteiger partial charge in [-0.15, -0.1) is 11.3 Å². The highest BCUT2D eigenvalue weighted by Crippen LogP contribution is 2.28. The number of aryl methyl sites for hydroxylation is 2. The molecule has 0 aliphatic heterocycles. The molecule has 1 aromatic rings. The third-order valence-electron chi connectivity index (χ3n) is 1.53. The largest absolute Gasteiger partial charge is 0.396 e. The van der Waals surface area contributed by atoms with E-state index in [2.05, 4.69) is 28.2 Å². The van der Waals surface area contributed by atoms with E-state index in [9.17, 15) is 0 Å². The van der Waals surface area contributed by atoms with Crippen LogP contribution < -0.4 is 0 Å². The summed E-state index contributed by atoms with van der Waals surface area (Å²) >= 11 is 5.27. The molecule has 1 rings (SSSR count). The third kappa shape index (κ3) is 2.29. The quantitative estimate of drug-likeness (QED) is 0.854. The van der Waals surface area contributed by atoms with E-state index in [1.165, 1.54) is 14.9 Å². The Bertz CT molecular complexity index is 232. The molecule has 1 heterocycles. The van der Waals surface area contributed by atoms with Crippen molar-refractivity contribution in [3.63, 3.8) is 0 Å². The number of aliphatic hydroxyl groups excluding tert-OH is 1. The maximum Gasteiger partial charge on any atom is 0.0434 e. The monoisotopic (exact) mass is 234 g/mol. The summed E-state index contributed by atoms with van der Waals surface area (Å²) in [7, 11) is 0. The fourth-order valence-electron chi connectivity index (χ4n) is 0.891. The minimum atomic E-state index is 0.281. The van der Waals surface area contributed by atoms with Gasteiger partial charge < -0.3 is 5.11 Å². The molecule has 1 N–H and O–H groups in total. The van der Waals surface area contributed by atoms with Crippen molar-refractivity contribution in [3.05, 3.63) is 20.3 Å². The highest BCUT2D eigenvalue weighted by Gasteiger charge is 2.03. The highest BCUT2D eigenvalue weighted by atomic mass is 79.9. The van der Waals surface area contributed by atoms with Crippen LogP contribution in [0.25, 0.3) is 0 Å². The number of thiophene rings is 1. The zero-order chi connectivity index (χ0) is 8.27. The summed E-state index contributed by atoms with van der Waals surface area (Å²) < 4.78 is 1.22. The summed E-state index contributed by atoms with van der Waals surface area (Å²) in [5.41, 5.74) is 1.29. The second kappa shape index (κ2) is 4.24. The van der Waals surface area contributed by atoms with Gasteiger partial charge in [-0.2, -0.15) is 0 Å². The molecule has 0 saturated carbocycles. The summed E-state index contributed by atoms with van der Waals surface area (Å²) in [4.78, 5) is 1.34. The van der Waals surface area contributed by atoms with E-state index in [0.29, 0.717) is 0 Å². The number of aliphatic hydroxyl groups is 1. The molecular weight excluding hydrogens is 224 g/mol. The van der Waals surface area contributed by atoms with Crippen molar-refractivity contribution in [3.8, 4) is 0 Å². The van der Waals surface area contributed by atoms with Crippen LogP contribution >= 0.6 is 27.3 Å². The molecule has 1 nitrogen and oxygen atoms in total. The van der Waals surface area contributed by atoms with Crippen LogP contribution in [-0.4, -0.2) is 11.7 Å². The first-order chi connectivity index (χ1) is 5.25. The van der Waals surface area contributed by atoms with Gasteiger partial charge in [-0.3, -0.25) is 0 Å². The SMILES string of the molecule is Cc1csc(CCCO)c1Br. The molecule has 0 spiro atoms. The van der Waals surface area contributed by atoms with Gasteiger partial charge in [0.15, 0.2) is 0 Å². The number of hydrogen-bond donors (Lipinski definition) is 1. The smallest absolute Gasteiger partial charge is 0.0434 e. The Morgan fingerprint density at radius 1 is 1.64 bits per heavy atom. The van der Waals surface area contributed by atoms with Crippen LogP contribution in [0, 0.1) is 6.92 Å². The van der Waals surface area contributed by atoms with E-state index in [0.717, 1.165) is 12.8 Å². The van der Waals surface area contributed by atoms with Gasteiger partial charge in [0.05, 0.1) is 0 Å². The third-order valence-corrected chi connectivity index (χ3v) is 4.06. The molecule has 0 aromatic carbocycles. The Balaban J connectivity index is 2.63. The fourth-order valence-corrected chi connectivity index (χ4v) is 2.60. The van der Waals surface area contributed by atoms with E-state index < -0.39 is 0 Å². The lowest BCUT2D eigenvalue weighted by Crippen LogP contribution is -1.86. The molecule has 62 valence electrons. The number of halogens is 1. The van der Waals surface area contributed by atoms with Gasteiger partial charge in [-0.1, -0.05) is 0 Å². The van der Waals surface area contributed by atoms with Gasteiger partial charge in [-0.25, -0.2) is 0 Å². The zero-order valence-electron chi connectivity index (χ0n) is 6.43. The second-order valence-electron chi connectivity index (χ2n) is 2.48. The Morgan fingerprint density at radius 2 is 2.36 bits per heavy atom. The van der Waals surface area contributed by atoms with Crippen molar-refractivity contribution in [2.24, 2.45) is 0 Å². The van der Waals surface area contributed by atoms with E-state index in [-0.39, 0.29) is 6.61 Å². The molecule has 0 aliphatic rings. The summed E-state index contributed by atoms with van der Waals surface area (Å²) in [6, 6.07) is 0. The minimum Gasteiger partial charge on any atom is -0.396 e. The molecule has 0 atom stereocenters. The van der Waals surface area contributed by atoms with E-state index in [1.54, 1.807) is 11.3 Å². The van der Waals surface area contributed by atoms with Crippen LogP contribution in [-0.2, 0) is 6.42 Å². The summed E-state index contributed by atoms with van der Waals surface area (Å²) in [6.45, 7) is 2.37. The van der Waals surface area contributed by atoms with E-state index in [1.807, 2.05) is 0 Å². The van der Waals surface area contributed by atoms with Gasteiger partial charge >= 0.3 is 0 Å². The summed E-state index contributed by atoms with van der Waals surface area (Å²) in [5.74, 6) is 0. The highest BCUT2D eigenvalue weighted by molar-refractivity contribution is 9.10. The molecular formula is C8H11BrOS. The van der Waals surface area contributed by atoms with Crippen LogP contribution in [0.3, 0.4) is 0 Å². The first-order valence-electron chi connectivity index (χ1n) is 3.59. The Kier molecular flexibility index (Phi) is 3.55. The van der Waals surface area contributed by atoms with Gasteiger partial charge in [0.1, 0.15) is 0 Å². The minimum absolute atomic E-state index is 0.281. The molecule has 3 heteroatoms. The molecule has 1 aromatic heterocycles. The molecule has 0 amide bonds. The standard InChI is InChI=1S/C8H11BrOS/c1-6-5-11-7(8(6)9)3-2-4-10/h5,10H,2-4H2,1H3. The molecule has 0 aliphatic carbocycles. The van der Waals surface area contributed by atoms with Gasteiger partial charge in [0.25, 0.3) is 0 Å². The van der Waals surface area contributed by atoms with E-state index in [4.69, 9.17) is 5.11 Å². The topological polar surface area (TPSA) is 20.2 Å². The average Bonchev–Trinajstić information content (AvgIpc) is 2.31. The van der Waals surface area contributed by atoms with Crippen molar-refractivity contribution in [2.45, 2.75) is 19.8 Å². The lowest BCUT2D eigenvalue weighted by atomic mass is 10.2. The maximum atomic E-state index is 8.61. The fraction of sp³-hybridized carbons (Fsp3) is 0.500. The molecule has 11 heavy (non-hydrogen) atoms. The predicted molar refractivity (Wildman–Crippen MR) is 52.2 cm³/mol. The first kappa shape index (κ1) is 9.23. The van der Waals surface area contributed by atoms with Gasteiger partial charge in [-0.05, 0) is 46.6 Å². The lowest BCUT2D eigenvalue weighted by Gasteiger charge is -1.95. The Labute approximate surface area is 79.2 Å². The van der Waals surface area contributed by atoms with Crippen molar-refractivity contribution in [1.29, 1.82) is 0 Å². The molecule has 0 bridgehead atoms.